The number of hydrazone groups is 1. The molecule has 1 aromatic carbocycles. The van der Waals surface area contributed by atoms with Gasteiger partial charge < -0.3 is 0 Å². The van der Waals surface area contributed by atoms with Crippen LogP contribution in [-0.4, -0.2) is 12.8 Å². The van der Waals surface area contributed by atoms with Crippen LogP contribution < -0.4 is 5.01 Å². The van der Waals surface area contributed by atoms with Crippen LogP contribution in [0.25, 0.3) is 0 Å². The highest BCUT2D eigenvalue weighted by Gasteiger charge is 2.08. The van der Waals surface area contributed by atoms with E-state index in [2.05, 4.69) is 41.3 Å². The molecule has 0 fully saturated rings. The number of anilines is 1. The van der Waals surface area contributed by atoms with E-state index in [1.165, 1.54) is 17.7 Å². The number of rotatable bonds is 1. The fourth-order valence-electron chi connectivity index (χ4n) is 1.58. The predicted octanol–water partition coefficient (Wildman–Crippen LogP) is 2.58. The quantitative estimate of drug-likeness (QED) is 0.639. The van der Waals surface area contributed by atoms with E-state index in [1.807, 2.05) is 6.21 Å². The molecule has 0 atom stereocenters. The summed E-state index contributed by atoms with van der Waals surface area (Å²) in [4.78, 5) is 0. The average Bonchev–Trinajstić information content (AvgIpc) is 2.20. The zero-order valence-electron chi connectivity index (χ0n) is 7.90. The van der Waals surface area contributed by atoms with Gasteiger partial charge in [-0.15, -0.1) is 0 Å². The van der Waals surface area contributed by atoms with Gasteiger partial charge in [0.25, 0.3) is 0 Å². The molecule has 68 valence electrons. The van der Waals surface area contributed by atoms with E-state index in [4.69, 9.17) is 0 Å². The van der Waals surface area contributed by atoms with Crippen LogP contribution in [0.15, 0.2) is 29.4 Å². The molecule has 2 heteroatoms. The highest BCUT2D eigenvalue weighted by molar-refractivity contribution is 5.63. The van der Waals surface area contributed by atoms with E-state index in [-0.39, 0.29) is 0 Å². The van der Waals surface area contributed by atoms with E-state index >= 15 is 0 Å². The number of para-hydroxylation sites is 1. The lowest BCUT2D eigenvalue weighted by atomic mass is 10.2. The Labute approximate surface area is 78.9 Å². The first kappa shape index (κ1) is 8.30. The van der Waals surface area contributed by atoms with Gasteiger partial charge in [0.1, 0.15) is 0 Å². The normalized spacial score (nSPS) is 16.2. The highest BCUT2D eigenvalue weighted by atomic mass is 15.5. The van der Waals surface area contributed by atoms with Crippen molar-refractivity contribution >= 4 is 11.9 Å². The summed E-state index contributed by atoms with van der Waals surface area (Å²) in [5, 5.41) is 6.45. The van der Waals surface area contributed by atoms with Crippen molar-refractivity contribution in [2.75, 3.05) is 11.6 Å². The van der Waals surface area contributed by atoms with E-state index in [1.54, 1.807) is 0 Å². The Bertz CT molecular complexity index is 318. The van der Waals surface area contributed by atoms with Crippen LogP contribution >= 0.6 is 0 Å². The number of aryl methyl sites for hydroxylation is 1. The van der Waals surface area contributed by atoms with Gasteiger partial charge in [0.2, 0.25) is 0 Å². The zero-order valence-corrected chi connectivity index (χ0v) is 7.90. The minimum absolute atomic E-state index is 1.04. The van der Waals surface area contributed by atoms with Crippen LogP contribution in [0.2, 0.25) is 0 Å². The molecule has 13 heavy (non-hydrogen) atoms. The van der Waals surface area contributed by atoms with Crippen molar-refractivity contribution in [3.05, 3.63) is 29.8 Å². The number of hydrogen-bond donors (Lipinski definition) is 0. The molecule has 0 N–H and O–H groups in total. The Morgan fingerprint density at radius 2 is 2.15 bits per heavy atom. The number of nitrogens with zero attached hydrogens (tertiary/aromatic N) is 2. The minimum atomic E-state index is 1.04. The summed E-state index contributed by atoms with van der Waals surface area (Å²) in [7, 11) is 0. The molecular formula is C11H14N2. The lowest BCUT2D eigenvalue weighted by Crippen LogP contribution is -2.22. The first-order valence-corrected chi connectivity index (χ1v) is 4.73. The van der Waals surface area contributed by atoms with Crippen LogP contribution in [0, 0.1) is 6.92 Å². The van der Waals surface area contributed by atoms with Gasteiger partial charge in [-0.3, -0.25) is 5.01 Å². The Kier molecular flexibility index (Phi) is 2.30. The first-order chi connectivity index (χ1) is 6.38. The van der Waals surface area contributed by atoms with Crippen LogP contribution in [0.5, 0.6) is 0 Å². The average molecular weight is 174 g/mol. The molecule has 0 aromatic heterocycles. The molecule has 0 spiro atoms. The van der Waals surface area contributed by atoms with Crippen molar-refractivity contribution < 1.29 is 0 Å². The van der Waals surface area contributed by atoms with Crippen molar-refractivity contribution in [3.63, 3.8) is 0 Å². The fourth-order valence-corrected chi connectivity index (χ4v) is 1.58. The second kappa shape index (κ2) is 3.60. The van der Waals surface area contributed by atoms with Gasteiger partial charge in [0, 0.05) is 12.8 Å². The van der Waals surface area contributed by atoms with Gasteiger partial charge in [-0.05, 0) is 31.4 Å². The standard InChI is InChI=1S/C11H14N2/c1-10-6-2-3-7-11(10)13-9-5-4-8-12-13/h2-3,6-8H,4-5,9H2,1H3. The summed E-state index contributed by atoms with van der Waals surface area (Å²) in [6, 6.07) is 8.37. The van der Waals surface area contributed by atoms with Crippen LogP contribution in [0.3, 0.4) is 0 Å². The summed E-state index contributed by atoms with van der Waals surface area (Å²) in [6.07, 6.45) is 4.32. The maximum absolute atomic E-state index is 4.37. The summed E-state index contributed by atoms with van der Waals surface area (Å²) >= 11 is 0. The minimum Gasteiger partial charge on any atom is -0.266 e. The lowest BCUT2D eigenvalue weighted by molar-refractivity contribution is 0.749. The molecule has 0 amide bonds. The highest BCUT2D eigenvalue weighted by Crippen LogP contribution is 2.21. The third-order valence-electron chi connectivity index (χ3n) is 2.32. The molecule has 0 saturated carbocycles. The van der Waals surface area contributed by atoms with Gasteiger partial charge >= 0.3 is 0 Å². The molecule has 1 aromatic rings. The molecular weight excluding hydrogens is 160 g/mol. The molecule has 0 unspecified atom stereocenters. The third kappa shape index (κ3) is 1.72. The molecule has 0 saturated heterocycles. The van der Waals surface area contributed by atoms with E-state index < -0.39 is 0 Å². The van der Waals surface area contributed by atoms with Gasteiger partial charge in [-0.1, -0.05) is 18.2 Å². The second-order valence-electron chi connectivity index (χ2n) is 3.35. The molecule has 2 nitrogen and oxygen atoms in total. The van der Waals surface area contributed by atoms with Gasteiger partial charge in [0.05, 0.1) is 5.69 Å². The molecule has 0 aliphatic carbocycles. The molecule has 1 heterocycles. The number of hydrogen-bond acceptors (Lipinski definition) is 2. The van der Waals surface area contributed by atoms with Crippen molar-refractivity contribution in [3.8, 4) is 0 Å². The Hall–Kier alpha value is -1.31. The second-order valence-corrected chi connectivity index (χ2v) is 3.35. The molecule has 2 rings (SSSR count). The van der Waals surface area contributed by atoms with E-state index in [0.717, 1.165) is 13.0 Å². The zero-order chi connectivity index (χ0) is 9.10. The fraction of sp³-hybridized carbons (Fsp3) is 0.364. The van der Waals surface area contributed by atoms with Gasteiger partial charge in [0.15, 0.2) is 0 Å². The molecule has 1 aliphatic heterocycles. The monoisotopic (exact) mass is 174 g/mol. The van der Waals surface area contributed by atoms with E-state index in [0.29, 0.717) is 0 Å². The lowest BCUT2D eigenvalue weighted by Gasteiger charge is -2.23. The number of benzene rings is 1. The molecule has 0 bridgehead atoms. The summed E-state index contributed by atoms with van der Waals surface area (Å²) < 4.78 is 0. The Balaban J connectivity index is 2.29. The van der Waals surface area contributed by atoms with Crippen LogP contribution in [-0.2, 0) is 0 Å². The Morgan fingerprint density at radius 1 is 1.31 bits per heavy atom. The SMILES string of the molecule is Cc1ccccc1N1CCCC=N1. The van der Waals surface area contributed by atoms with Crippen molar-refractivity contribution in [2.45, 2.75) is 19.8 Å². The molecule has 1 aliphatic rings. The van der Waals surface area contributed by atoms with Crippen LogP contribution in [0.1, 0.15) is 18.4 Å². The maximum atomic E-state index is 4.37. The summed E-state index contributed by atoms with van der Waals surface area (Å²) in [5.74, 6) is 0. The maximum Gasteiger partial charge on any atom is 0.0622 e. The van der Waals surface area contributed by atoms with Crippen LogP contribution in [0.4, 0.5) is 5.69 Å². The third-order valence-corrected chi connectivity index (χ3v) is 2.32. The predicted molar refractivity (Wildman–Crippen MR) is 56.3 cm³/mol. The van der Waals surface area contributed by atoms with E-state index in [9.17, 15) is 0 Å². The summed E-state index contributed by atoms with van der Waals surface area (Å²) in [6.45, 7) is 3.17. The van der Waals surface area contributed by atoms with Crippen molar-refractivity contribution in [1.29, 1.82) is 0 Å². The summed E-state index contributed by atoms with van der Waals surface area (Å²) in [5.41, 5.74) is 2.53. The topological polar surface area (TPSA) is 15.6 Å². The van der Waals surface area contributed by atoms with Gasteiger partial charge in [-0.2, -0.15) is 5.10 Å². The van der Waals surface area contributed by atoms with Crippen molar-refractivity contribution in [1.82, 2.24) is 0 Å². The van der Waals surface area contributed by atoms with Gasteiger partial charge in [-0.25, -0.2) is 0 Å². The van der Waals surface area contributed by atoms with Crippen molar-refractivity contribution in [2.24, 2.45) is 5.10 Å². The smallest absolute Gasteiger partial charge is 0.0622 e. The first-order valence-electron chi connectivity index (χ1n) is 4.73. The Morgan fingerprint density at radius 3 is 2.85 bits per heavy atom. The largest absolute Gasteiger partial charge is 0.266 e. The molecule has 0 radical (unpaired) electrons.